The zero-order chi connectivity index (χ0) is 31.9. The summed E-state index contributed by atoms with van der Waals surface area (Å²) >= 11 is 0. The largest absolute Gasteiger partial charge is 0.396 e. The number of alkyl halides is 3. The van der Waals surface area contributed by atoms with Crippen molar-refractivity contribution in [3.05, 3.63) is 94.9 Å². The van der Waals surface area contributed by atoms with E-state index in [0.29, 0.717) is 17.5 Å². The molecule has 0 unspecified atom stereocenters. The molecule has 1 aromatic carbocycles. The second-order valence-electron chi connectivity index (χ2n) is 10.5. The predicted molar refractivity (Wildman–Crippen MR) is 172 cm³/mol. The van der Waals surface area contributed by atoms with Crippen LogP contribution in [0.4, 0.5) is 13.2 Å². The van der Waals surface area contributed by atoms with Crippen molar-refractivity contribution < 1.29 is 18.3 Å². The Morgan fingerprint density at radius 2 is 1.79 bits per heavy atom. The van der Waals surface area contributed by atoms with Gasteiger partial charge in [-0.15, -0.1) is 0 Å². The summed E-state index contributed by atoms with van der Waals surface area (Å²) in [5.41, 5.74) is 3.32. The van der Waals surface area contributed by atoms with Crippen molar-refractivity contribution in [2.75, 3.05) is 34.3 Å². The molecule has 232 valence electrons. The SMILES string of the molecule is C=CN(C)/C(=C\C1=CC(=C/C)/C(=NC)C=C1)C(=NC)NCCCCCO.CCc1ccc(C(C)(C)F)cc1C(C)(F)F. The van der Waals surface area contributed by atoms with Gasteiger partial charge in [-0.2, -0.15) is 0 Å². The molecule has 1 aliphatic rings. The van der Waals surface area contributed by atoms with Crippen LogP contribution in [0.15, 0.2) is 88.2 Å². The lowest BCUT2D eigenvalue weighted by atomic mass is 9.92. The maximum absolute atomic E-state index is 13.7. The van der Waals surface area contributed by atoms with Crippen LogP contribution in [0, 0.1) is 0 Å². The third-order valence-electron chi connectivity index (χ3n) is 6.80. The highest BCUT2D eigenvalue weighted by Crippen LogP contribution is 2.34. The van der Waals surface area contributed by atoms with Gasteiger partial charge in [0.25, 0.3) is 5.92 Å². The van der Waals surface area contributed by atoms with E-state index < -0.39 is 11.6 Å². The summed E-state index contributed by atoms with van der Waals surface area (Å²) in [7, 11) is 5.54. The van der Waals surface area contributed by atoms with Crippen LogP contribution >= 0.6 is 0 Å². The summed E-state index contributed by atoms with van der Waals surface area (Å²) in [5.74, 6) is -2.10. The van der Waals surface area contributed by atoms with E-state index in [-0.39, 0.29) is 12.2 Å². The van der Waals surface area contributed by atoms with Gasteiger partial charge >= 0.3 is 0 Å². The fraction of sp³-hybridized carbons (Fsp3) is 0.471. The number of amidine groups is 1. The first-order valence-corrected chi connectivity index (χ1v) is 14.4. The van der Waals surface area contributed by atoms with Crippen molar-refractivity contribution in [3.8, 4) is 0 Å². The first kappa shape index (κ1) is 36.6. The second kappa shape index (κ2) is 17.5. The van der Waals surface area contributed by atoms with Crippen molar-refractivity contribution in [1.29, 1.82) is 0 Å². The van der Waals surface area contributed by atoms with Crippen molar-refractivity contribution in [2.24, 2.45) is 9.98 Å². The van der Waals surface area contributed by atoms with Gasteiger partial charge in [0, 0.05) is 46.8 Å². The first-order valence-electron chi connectivity index (χ1n) is 14.4. The molecule has 1 aromatic rings. The average molecular weight is 587 g/mol. The van der Waals surface area contributed by atoms with E-state index in [9.17, 15) is 13.2 Å². The molecule has 0 bridgehead atoms. The van der Waals surface area contributed by atoms with Gasteiger partial charge in [-0.1, -0.05) is 37.8 Å². The number of nitrogens with one attached hydrogen (secondary N) is 1. The van der Waals surface area contributed by atoms with Crippen LogP contribution < -0.4 is 5.32 Å². The van der Waals surface area contributed by atoms with Gasteiger partial charge in [0.1, 0.15) is 11.5 Å². The molecule has 42 heavy (non-hydrogen) atoms. The maximum atomic E-state index is 13.7. The van der Waals surface area contributed by atoms with Gasteiger partial charge in [-0.25, -0.2) is 13.2 Å². The summed E-state index contributed by atoms with van der Waals surface area (Å²) < 4.78 is 40.4. The van der Waals surface area contributed by atoms with Crippen molar-refractivity contribution in [3.63, 3.8) is 0 Å². The zero-order valence-corrected chi connectivity index (χ0v) is 26.6. The van der Waals surface area contributed by atoms with Crippen LogP contribution in [0.1, 0.15) is 70.6 Å². The molecule has 2 rings (SSSR count). The predicted octanol–water partition coefficient (Wildman–Crippen LogP) is 7.80. The van der Waals surface area contributed by atoms with E-state index in [1.54, 1.807) is 32.4 Å². The van der Waals surface area contributed by atoms with Crippen LogP contribution in [0.2, 0.25) is 0 Å². The molecule has 2 N–H and O–H groups in total. The molecule has 8 heteroatoms. The molecule has 1 aliphatic carbocycles. The minimum absolute atomic E-state index is 0.0711. The Labute approximate surface area is 251 Å². The lowest BCUT2D eigenvalue weighted by Gasteiger charge is -2.22. The molecular formula is C34H49F3N4O. The van der Waals surface area contributed by atoms with Gasteiger partial charge < -0.3 is 15.3 Å². The van der Waals surface area contributed by atoms with Gasteiger partial charge in [0.2, 0.25) is 0 Å². The molecular weight excluding hydrogens is 537 g/mol. The van der Waals surface area contributed by atoms with Gasteiger partial charge in [-0.3, -0.25) is 9.98 Å². The number of nitrogens with zero attached hydrogens (tertiary/aromatic N) is 3. The topological polar surface area (TPSA) is 60.2 Å². The third kappa shape index (κ3) is 11.5. The Balaban J connectivity index is 0.000000470. The Hall–Kier alpha value is -3.39. The number of aliphatic hydroxyl groups is 1. The van der Waals surface area contributed by atoms with E-state index in [1.807, 2.05) is 31.9 Å². The molecule has 0 amide bonds. The highest BCUT2D eigenvalue weighted by atomic mass is 19.3. The van der Waals surface area contributed by atoms with Gasteiger partial charge in [0.05, 0.1) is 11.4 Å². The van der Waals surface area contributed by atoms with E-state index in [1.165, 1.54) is 19.9 Å². The fourth-order valence-electron chi connectivity index (χ4n) is 4.26. The maximum Gasteiger partial charge on any atom is 0.270 e. The fourth-order valence-corrected chi connectivity index (χ4v) is 4.26. The van der Waals surface area contributed by atoms with Gasteiger partial charge in [-0.05, 0) is 99.2 Å². The highest BCUT2D eigenvalue weighted by Gasteiger charge is 2.29. The van der Waals surface area contributed by atoms with Crippen molar-refractivity contribution in [1.82, 2.24) is 10.2 Å². The van der Waals surface area contributed by atoms with Crippen LogP contribution in [0.3, 0.4) is 0 Å². The number of hydrogen-bond acceptors (Lipinski definition) is 4. The zero-order valence-electron chi connectivity index (χ0n) is 26.6. The average Bonchev–Trinajstić information content (AvgIpc) is 2.96. The van der Waals surface area contributed by atoms with E-state index in [0.717, 1.165) is 61.1 Å². The minimum Gasteiger partial charge on any atom is -0.396 e. The number of halogens is 3. The van der Waals surface area contributed by atoms with Crippen molar-refractivity contribution in [2.45, 2.75) is 71.9 Å². The molecule has 0 spiro atoms. The molecule has 0 fully saturated rings. The Kier molecular flexibility index (Phi) is 15.3. The summed E-state index contributed by atoms with van der Waals surface area (Å²) in [4.78, 5) is 10.7. The molecule has 0 atom stereocenters. The number of aliphatic hydroxyl groups excluding tert-OH is 1. The number of allylic oxidation sites excluding steroid dienone is 7. The Bertz CT molecular complexity index is 1210. The Morgan fingerprint density at radius 1 is 1.10 bits per heavy atom. The van der Waals surface area contributed by atoms with Crippen LogP contribution in [-0.2, 0) is 18.0 Å². The van der Waals surface area contributed by atoms with E-state index in [4.69, 9.17) is 5.11 Å². The number of rotatable bonds is 12. The number of aryl methyl sites for hydroxylation is 1. The second-order valence-corrected chi connectivity index (χ2v) is 10.5. The summed E-state index contributed by atoms with van der Waals surface area (Å²) in [6.07, 6.45) is 15.5. The van der Waals surface area contributed by atoms with Crippen molar-refractivity contribution >= 4 is 11.5 Å². The lowest BCUT2D eigenvalue weighted by Crippen LogP contribution is -2.32. The third-order valence-corrected chi connectivity index (χ3v) is 6.80. The molecule has 0 saturated carbocycles. The highest BCUT2D eigenvalue weighted by molar-refractivity contribution is 6.12. The van der Waals surface area contributed by atoms with Gasteiger partial charge in [0.15, 0.2) is 0 Å². The number of hydrogen-bond donors (Lipinski definition) is 2. The molecule has 0 saturated heterocycles. The van der Waals surface area contributed by atoms with Crippen LogP contribution in [0.25, 0.3) is 0 Å². The smallest absolute Gasteiger partial charge is 0.270 e. The normalized spacial score (nSPS) is 16.2. The lowest BCUT2D eigenvalue weighted by molar-refractivity contribution is 0.0163. The summed E-state index contributed by atoms with van der Waals surface area (Å²) in [6, 6.07) is 4.44. The number of likely N-dealkylation sites (N-methyl/N-ethyl adjacent to an activating group) is 1. The quantitative estimate of drug-likeness (QED) is 0.149. The van der Waals surface area contributed by atoms with Crippen LogP contribution in [0.5, 0.6) is 0 Å². The number of aliphatic imine (C=N–C) groups is 2. The minimum atomic E-state index is -2.92. The number of unbranched alkanes of at least 4 members (excludes halogenated alkanes) is 2. The Morgan fingerprint density at radius 3 is 2.29 bits per heavy atom. The van der Waals surface area contributed by atoms with Crippen LogP contribution in [-0.4, -0.2) is 55.8 Å². The number of benzene rings is 1. The van der Waals surface area contributed by atoms with E-state index >= 15 is 0 Å². The standard InChI is InChI=1S/C21H32N4O.C13H17F3/c1-6-18-15-17(11-12-19(18)22-3)16-20(25(5)7-2)21(23-4)24-13-9-8-10-14-26;1-5-9-6-7-10(12(2,3)14)8-11(9)13(4,15)16/h6-7,11-12,15-16,26H,2,8-10,13-14H2,1,3-5H3,(H,23,24);6-8H,5H2,1-4H3/b18-6-,20-16-,22-19?;. The molecule has 0 radical (unpaired) electrons. The molecule has 0 aliphatic heterocycles. The molecule has 0 heterocycles. The van der Waals surface area contributed by atoms with E-state index in [2.05, 4.69) is 46.2 Å². The summed E-state index contributed by atoms with van der Waals surface area (Å²) in [6.45, 7) is 12.3. The molecule has 5 nitrogen and oxygen atoms in total. The monoisotopic (exact) mass is 586 g/mol. The summed E-state index contributed by atoms with van der Waals surface area (Å²) in [5, 5.41) is 12.3. The molecule has 0 aromatic heterocycles. The first-order chi connectivity index (χ1) is 19.8.